The number of benzene rings is 1. The Labute approximate surface area is 113 Å². The van der Waals surface area contributed by atoms with Crippen molar-refractivity contribution in [2.24, 2.45) is 5.73 Å². The highest BCUT2D eigenvalue weighted by atomic mass is 32.2. The molecule has 2 N–H and O–H groups in total. The highest BCUT2D eigenvalue weighted by Gasteiger charge is 2.22. The van der Waals surface area contributed by atoms with Gasteiger partial charge in [0.15, 0.2) is 0 Å². The molecule has 1 aromatic carbocycles. The first-order valence-electron chi connectivity index (χ1n) is 5.75. The van der Waals surface area contributed by atoms with Crippen LogP contribution in [0.15, 0.2) is 35.7 Å². The van der Waals surface area contributed by atoms with Gasteiger partial charge in [0.2, 0.25) is 15.9 Å². The Morgan fingerprint density at radius 3 is 2.11 bits per heavy atom. The van der Waals surface area contributed by atoms with Crippen molar-refractivity contribution in [3.63, 3.8) is 0 Å². The summed E-state index contributed by atoms with van der Waals surface area (Å²) in [6.45, 7) is 7.13. The fourth-order valence-corrected chi connectivity index (χ4v) is 2.78. The van der Waals surface area contributed by atoms with E-state index in [-0.39, 0.29) is 16.5 Å². The minimum atomic E-state index is -3.51. The minimum absolute atomic E-state index is 0.134. The smallest absolute Gasteiger partial charge is 0.248 e. The molecular formula is C13H18N2O3S. The molecule has 0 radical (unpaired) electrons. The molecule has 5 nitrogen and oxygen atoms in total. The van der Waals surface area contributed by atoms with Gasteiger partial charge in [-0.3, -0.25) is 4.79 Å². The highest BCUT2D eigenvalue weighted by molar-refractivity contribution is 7.89. The lowest BCUT2D eigenvalue weighted by Crippen LogP contribution is -2.33. The second kappa shape index (κ2) is 5.54. The van der Waals surface area contributed by atoms with Gasteiger partial charge >= 0.3 is 0 Å². The zero-order valence-electron chi connectivity index (χ0n) is 11.3. The standard InChI is InChI=1S/C13H18N2O3S/c1-9(2)15(4)19(17,18)12-7-5-11(6-8-12)10(3)13(14)16/h5-9H,3H2,1-2,4H3,(H2,14,16). The molecule has 0 aliphatic rings. The van der Waals surface area contributed by atoms with Crippen molar-refractivity contribution in [1.82, 2.24) is 4.31 Å². The summed E-state index contributed by atoms with van der Waals surface area (Å²) in [5.74, 6) is -0.630. The van der Waals surface area contributed by atoms with Crippen molar-refractivity contribution in [2.45, 2.75) is 24.8 Å². The van der Waals surface area contributed by atoms with Crippen molar-refractivity contribution >= 4 is 21.5 Å². The highest BCUT2D eigenvalue weighted by Crippen LogP contribution is 2.19. The van der Waals surface area contributed by atoms with Crippen molar-refractivity contribution in [2.75, 3.05) is 7.05 Å². The van der Waals surface area contributed by atoms with Crippen molar-refractivity contribution in [3.8, 4) is 0 Å². The van der Waals surface area contributed by atoms with E-state index >= 15 is 0 Å². The van der Waals surface area contributed by atoms with Crippen molar-refractivity contribution < 1.29 is 13.2 Å². The van der Waals surface area contributed by atoms with Crippen LogP contribution in [0, 0.1) is 0 Å². The predicted octanol–water partition coefficient (Wildman–Crippen LogP) is 1.21. The first kappa shape index (κ1) is 15.4. The summed E-state index contributed by atoms with van der Waals surface area (Å²) in [6.07, 6.45) is 0. The van der Waals surface area contributed by atoms with Crippen LogP contribution >= 0.6 is 0 Å². The number of sulfonamides is 1. The van der Waals surface area contributed by atoms with Crippen LogP contribution in [0.3, 0.4) is 0 Å². The quantitative estimate of drug-likeness (QED) is 0.824. The number of nitrogens with two attached hydrogens (primary N) is 1. The van der Waals surface area contributed by atoms with Gasteiger partial charge in [-0.25, -0.2) is 8.42 Å². The van der Waals surface area contributed by atoms with Crippen LogP contribution in [0.2, 0.25) is 0 Å². The molecular weight excluding hydrogens is 264 g/mol. The summed E-state index contributed by atoms with van der Waals surface area (Å²) in [5.41, 5.74) is 5.78. The van der Waals surface area contributed by atoms with Crippen LogP contribution in [0.25, 0.3) is 5.57 Å². The van der Waals surface area contributed by atoms with Gasteiger partial charge in [0.05, 0.1) is 4.90 Å². The SMILES string of the molecule is C=C(C(N)=O)c1ccc(S(=O)(=O)N(C)C(C)C)cc1. The van der Waals surface area contributed by atoms with E-state index in [0.29, 0.717) is 5.56 Å². The molecule has 0 saturated heterocycles. The molecule has 1 aromatic rings. The van der Waals surface area contributed by atoms with Crippen LogP contribution in [-0.4, -0.2) is 31.7 Å². The fourth-order valence-electron chi connectivity index (χ4n) is 1.41. The number of amides is 1. The summed E-state index contributed by atoms with van der Waals surface area (Å²) < 4.78 is 25.7. The first-order chi connectivity index (χ1) is 8.67. The van der Waals surface area contributed by atoms with Gasteiger partial charge in [-0.1, -0.05) is 18.7 Å². The summed E-state index contributed by atoms with van der Waals surface area (Å²) in [7, 11) is -1.99. The molecule has 0 bridgehead atoms. The van der Waals surface area contributed by atoms with E-state index in [2.05, 4.69) is 6.58 Å². The summed E-state index contributed by atoms with van der Waals surface area (Å²) in [5, 5.41) is 0. The van der Waals surface area contributed by atoms with Gasteiger partial charge in [0.25, 0.3) is 0 Å². The third kappa shape index (κ3) is 3.21. The van der Waals surface area contributed by atoms with E-state index in [1.807, 2.05) is 0 Å². The molecule has 0 atom stereocenters. The molecule has 0 spiro atoms. The van der Waals surface area contributed by atoms with Crippen LogP contribution < -0.4 is 5.73 Å². The summed E-state index contributed by atoms with van der Waals surface area (Å²) >= 11 is 0. The van der Waals surface area contributed by atoms with Crippen LogP contribution in [0.5, 0.6) is 0 Å². The molecule has 104 valence electrons. The molecule has 1 rings (SSSR count). The average molecular weight is 282 g/mol. The van der Waals surface area contributed by atoms with Gasteiger partial charge in [-0.2, -0.15) is 4.31 Å². The van der Waals surface area contributed by atoms with E-state index in [0.717, 1.165) is 0 Å². The second-order valence-corrected chi connectivity index (χ2v) is 6.48. The Kier molecular flexibility index (Phi) is 4.49. The van der Waals surface area contributed by atoms with E-state index < -0.39 is 15.9 Å². The Bertz CT molecular complexity index is 589. The largest absolute Gasteiger partial charge is 0.366 e. The van der Waals surface area contributed by atoms with Crippen LogP contribution in [0.4, 0.5) is 0 Å². The number of carbonyl (C=O) groups excluding carboxylic acids is 1. The second-order valence-electron chi connectivity index (χ2n) is 4.48. The normalized spacial score (nSPS) is 11.8. The predicted molar refractivity (Wildman–Crippen MR) is 74.8 cm³/mol. The molecule has 0 saturated carbocycles. The van der Waals surface area contributed by atoms with Gasteiger partial charge in [0.1, 0.15) is 0 Å². The summed E-state index contributed by atoms with van der Waals surface area (Å²) in [4.78, 5) is 11.1. The lowest BCUT2D eigenvalue weighted by molar-refractivity contribution is -0.112. The monoisotopic (exact) mass is 282 g/mol. The molecule has 0 unspecified atom stereocenters. The van der Waals surface area contributed by atoms with E-state index in [1.54, 1.807) is 13.8 Å². The molecule has 1 amide bonds. The van der Waals surface area contributed by atoms with Crippen LogP contribution in [-0.2, 0) is 14.8 Å². The number of primary amides is 1. The first-order valence-corrected chi connectivity index (χ1v) is 7.19. The molecule has 0 aliphatic heterocycles. The number of nitrogens with zero attached hydrogens (tertiary/aromatic N) is 1. The maximum absolute atomic E-state index is 12.2. The van der Waals surface area contributed by atoms with Crippen molar-refractivity contribution in [1.29, 1.82) is 0 Å². The number of carbonyl (C=O) groups is 1. The Morgan fingerprint density at radius 1 is 1.26 bits per heavy atom. The Morgan fingerprint density at radius 2 is 1.74 bits per heavy atom. The Balaban J connectivity index is 3.13. The summed E-state index contributed by atoms with van der Waals surface area (Å²) in [6, 6.07) is 5.79. The Hall–Kier alpha value is -1.66. The van der Waals surface area contributed by atoms with Gasteiger partial charge in [-0.15, -0.1) is 0 Å². The average Bonchev–Trinajstić information content (AvgIpc) is 2.36. The lowest BCUT2D eigenvalue weighted by Gasteiger charge is -2.21. The maximum atomic E-state index is 12.2. The third-order valence-corrected chi connectivity index (χ3v) is 4.95. The van der Waals surface area contributed by atoms with Gasteiger partial charge < -0.3 is 5.73 Å². The molecule has 0 fully saturated rings. The number of rotatable bonds is 5. The maximum Gasteiger partial charge on any atom is 0.248 e. The molecule has 0 aromatic heterocycles. The lowest BCUT2D eigenvalue weighted by atomic mass is 10.1. The zero-order valence-corrected chi connectivity index (χ0v) is 12.1. The molecule has 0 aliphatic carbocycles. The fraction of sp³-hybridized carbons (Fsp3) is 0.308. The number of hydrogen-bond donors (Lipinski definition) is 1. The molecule has 19 heavy (non-hydrogen) atoms. The third-order valence-electron chi connectivity index (χ3n) is 2.90. The van der Waals surface area contributed by atoms with Crippen LogP contribution in [0.1, 0.15) is 19.4 Å². The van der Waals surface area contributed by atoms with Gasteiger partial charge in [0, 0.05) is 18.7 Å². The zero-order chi connectivity index (χ0) is 14.8. The van der Waals surface area contributed by atoms with Gasteiger partial charge in [-0.05, 0) is 31.5 Å². The topological polar surface area (TPSA) is 80.5 Å². The van der Waals surface area contributed by atoms with E-state index in [1.165, 1.54) is 35.6 Å². The number of hydrogen-bond acceptors (Lipinski definition) is 3. The van der Waals surface area contributed by atoms with Crippen molar-refractivity contribution in [3.05, 3.63) is 36.4 Å². The molecule has 0 heterocycles. The minimum Gasteiger partial charge on any atom is -0.366 e. The van der Waals surface area contributed by atoms with E-state index in [9.17, 15) is 13.2 Å². The molecule has 6 heteroatoms. The van der Waals surface area contributed by atoms with E-state index in [4.69, 9.17) is 5.73 Å².